The molecule has 0 saturated carbocycles. The summed E-state index contributed by atoms with van der Waals surface area (Å²) in [7, 11) is 0. The zero-order valence-electron chi connectivity index (χ0n) is 38.6. The molecule has 26 heteroatoms. The summed E-state index contributed by atoms with van der Waals surface area (Å²) < 4.78 is 0. The molecule has 8 atom stereocenters. The summed E-state index contributed by atoms with van der Waals surface area (Å²) in [5, 5.41) is 45.7. The number of nitrogens with zero attached hydrogens (tertiary/aromatic N) is 1. The molecular formula is C43H64N12O14. The van der Waals surface area contributed by atoms with Crippen molar-refractivity contribution in [3.05, 3.63) is 36.0 Å². The number of benzene rings is 1. The number of amides is 10. The molecule has 26 nitrogen and oxygen atoms in total. The number of carbonyl (C=O) groups is 11. The van der Waals surface area contributed by atoms with Gasteiger partial charge in [-0.15, -0.1) is 0 Å². The van der Waals surface area contributed by atoms with Crippen molar-refractivity contribution in [2.24, 2.45) is 23.1 Å². The Bertz CT molecular complexity index is 2200. The van der Waals surface area contributed by atoms with Crippen LogP contribution in [-0.2, 0) is 59.2 Å². The highest BCUT2D eigenvalue weighted by molar-refractivity contribution is 5.98. The van der Waals surface area contributed by atoms with Crippen LogP contribution in [0.4, 0.5) is 0 Å². The number of nitrogens with one attached hydrogen (secondary N) is 8. The second-order valence-electron chi connectivity index (χ2n) is 17.0. The standard InChI is InChI=1S/C43H64N12O14/c1-21(2)15-29(53-40(65)30(19-56)54-37(62)25(44)16-23-17-47-26-8-5-4-7-24(23)26)39(64)49-22(3)36(61)52-28(11-13-34(46)59)42(67)55-14-6-9-32(55)41(66)51-27(10-12-33(45)58)38(63)48-18-35(60)50-31(20-57)43(68)69/h4-5,7-8,17,21-22,25,27-32,47,56-57H,6,9-16,18-20,44H2,1-3H3,(H2,45,58)(H2,46,59)(H,48,63)(H,49,64)(H,50,60)(H,51,66)(H,52,61)(H,53,65)(H,54,62)(H,68,69)/t22-,25-,27-,28-,29-,30-,31-,32-/m0/s1. The summed E-state index contributed by atoms with van der Waals surface area (Å²) in [6, 6.07) is -3.72. The van der Waals surface area contributed by atoms with Gasteiger partial charge in [-0.25, -0.2) is 4.79 Å². The molecule has 380 valence electrons. The van der Waals surface area contributed by atoms with Gasteiger partial charge in [0.1, 0.15) is 42.3 Å². The molecule has 0 aliphatic carbocycles. The summed E-state index contributed by atoms with van der Waals surface area (Å²) in [5.41, 5.74) is 18.4. The molecule has 0 radical (unpaired) electrons. The van der Waals surface area contributed by atoms with E-state index in [1.54, 1.807) is 20.0 Å². The van der Waals surface area contributed by atoms with Gasteiger partial charge >= 0.3 is 5.97 Å². The highest BCUT2D eigenvalue weighted by Crippen LogP contribution is 2.21. The van der Waals surface area contributed by atoms with Gasteiger partial charge in [-0.3, -0.25) is 47.9 Å². The fourth-order valence-corrected chi connectivity index (χ4v) is 7.35. The number of aliphatic carboxylic acids is 1. The summed E-state index contributed by atoms with van der Waals surface area (Å²) in [6.07, 6.45) is 0.768. The van der Waals surface area contributed by atoms with Crippen molar-refractivity contribution in [2.45, 2.75) is 120 Å². The quantitative estimate of drug-likeness (QED) is 0.0379. The molecule has 1 aliphatic heterocycles. The molecule has 1 saturated heterocycles. The highest BCUT2D eigenvalue weighted by atomic mass is 16.4. The summed E-state index contributed by atoms with van der Waals surface area (Å²) >= 11 is 0. The van der Waals surface area contributed by atoms with E-state index in [2.05, 4.69) is 36.9 Å². The summed E-state index contributed by atoms with van der Waals surface area (Å²) in [6.45, 7) is 2.23. The van der Waals surface area contributed by atoms with E-state index in [9.17, 15) is 57.8 Å². The number of carboxylic acids is 1. The molecule has 0 bridgehead atoms. The van der Waals surface area contributed by atoms with E-state index in [0.717, 1.165) is 21.4 Å². The minimum Gasteiger partial charge on any atom is -0.480 e. The van der Waals surface area contributed by atoms with Crippen molar-refractivity contribution < 1.29 is 68.1 Å². The number of hydrogen-bond acceptors (Lipinski definition) is 14. The van der Waals surface area contributed by atoms with Gasteiger partial charge in [0.15, 0.2) is 0 Å². The molecule has 10 amide bonds. The van der Waals surface area contributed by atoms with E-state index in [-0.39, 0.29) is 51.0 Å². The Kier molecular flexibility index (Phi) is 21.9. The second kappa shape index (κ2) is 27.0. The van der Waals surface area contributed by atoms with E-state index in [1.165, 1.54) is 6.92 Å². The van der Waals surface area contributed by atoms with E-state index in [0.29, 0.717) is 0 Å². The molecule has 0 spiro atoms. The Morgan fingerprint density at radius 3 is 1.93 bits per heavy atom. The van der Waals surface area contributed by atoms with Crippen LogP contribution < -0.4 is 54.4 Å². The topological polar surface area (TPSA) is 430 Å². The third-order valence-electron chi connectivity index (χ3n) is 11.0. The van der Waals surface area contributed by atoms with E-state index >= 15 is 0 Å². The molecular weight excluding hydrogens is 909 g/mol. The van der Waals surface area contributed by atoms with Crippen LogP contribution in [0.1, 0.15) is 71.3 Å². The van der Waals surface area contributed by atoms with Gasteiger partial charge in [0.25, 0.3) is 0 Å². The van der Waals surface area contributed by atoms with Gasteiger partial charge in [-0.05, 0) is 63.0 Å². The van der Waals surface area contributed by atoms with Crippen molar-refractivity contribution in [3.63, 3.8) is 0 Å². The van der Waals surface area contributed by atoms with Crippen molar-refractivity contribution in [1.82, 2.24) is 47.1 Å². The van der Waals surface area contributed by atoms with Crippen molar-refractivity contribution in [1.29, 1.82) is 0 Å². The monoisotopic (exact) mass is 972 g/mol. The van der Waals surface area contributed by atoms with E-state index in [1.807, 2.05) is 29.6 Å². The average molecular weight is 973 g/mol. The third-order valence-corrected chi connectivity index (χ3v) is 11.0. The molecule has 1 fully saturated rings. The number of primary amides is 2. The van der Waals surface area contributed by atoms with Gasteiger partial charge in [0.05, 0.1) is 25.8 Å². The molecule has 17 N–H and O–H groups in total. The Morgan fingerprint density at radius 1 is 0.725 bits per heavy atom. The number of carbonyl (C=O) groups excluding carboxylic acids is 10. The number of aromatic nitrogens is 1. The lowest BCUT2D eigenvalue weighted by molar-refractivity contribution is -0.143. The van der Waals surface area contributed by atoms with Gasteiger partial charge in [0.2, 0.25) is 59.1 Å². The number of para-hydroxylation sites is 1. The lowest BCUT2D eigenvalue weighted by Gasteiger charge is -2.30. The molecule has 3 rings (SSSR count). The largest absolute Gasteiger partial charge is 0.480 e. The first-order valence-electron chi connectivity index (χ1n) is 22.3. The van der Waals surface area contributed by atoms with Gasteiger partial charge in [-0.2, -0.15) is 0 Å². The van der Waals surface area contributed by atoms with Crippen LogP contribution in [-0.4, -0.2) is 165 Å². The number of rotatable bonds is 28. The van der Waals surface area contributed by atoms with E-state index < -0.39 is 146 Å². The number of nitrogens with two attached hydrogens (primary N) is 3. The van der Waals surface area contributed by atoms with Crippen LogP contribution >= 0.6 is 0 Å². The number of H-pyrrole nitrogens is 1. The summed E-state index contributed by atoms with van der Waals surface area (Å²) in [4.78, 5) is 145. The van der Waals surface area contributed by atoms with Crippen LogP contribution in [0.3, 0.4) is 0 Å². The lowest BCUT2D eigenvalue weighted by Crippen LogP contribution is -2.60. The predicted molar refractivity (Wildman–Crippen MR) is 243 cm³/mol. The van der Waals surface area contributed by atoms with Gasteiger partial charge < -0.3 is 79.6 Å². The summed E-state index contributed by atoms with van der Waals surface area (Å²) in [5.74, 6) is -10.4. The second-order valence-corrected chi connectivity index (χ2v) is 17.0. The first-order chi connectivity index (χ1) is 32.6. The van der Waals surface area contributed by atoms with Crippen LogP contribution in [0.25, 0.3) is 10.9 Å². The maximum absolute atomic E-state index is 14.1. The molecule has 1 aliphatic rings. The molecule has 0 unspecified atom stereocenters. The molecule has 69 heavy (non-hydrogen) atoms. The third kappa shape index (κ3) is 17.4. The van der Waals surface area contributed by atoms with Crippen molar-refractivity contribution in [2.75, 3.05) is 26.3 Å². The first kappa shape index (κ1) is 56.1. The maximum atomic E-state index is 14.1. The Labute approximate surface area is 396 Å². The fraction of sp³-hybridized carbons (Fsp3) is 0.558. The van der Waals surface area contributed by atoms with Crippen molar-refractivity contribution >= 4 is 75.9 Å². The van der Waals surface area contributed by atoms with Crippen LogP contribution in [0.5, 0.6) is 0 Å². The normalized spacial score (nSPS) is 16.4. The maximum Gasteiger partial charge on any atom is 0.328 e. The Balaban J connectivity index is 1.68. The number of aliphatic hydroxyl groups is 2. The minimum atomic E-state index is -1.66. The number of aliphatic hydroxyl groups excluding tert-OH is 2. The first-order valence-corrected chi connectivity index (χ1v) is 22.3. The van der Waals surface area contributed by atoms with Gasteiger partial charge in [-0.1, -0.05) is 32.0 Å². The number of aromatic amines is 1. The van der Waals surface area contributed by atoms with Crippen LogP contribution in [0.15, 0.2) is 30.5 Å². The number of fused-ring (bicyclic) bond motifs is 1. The molecule has 1 aromatic heterocycles. The smallest absolute Gasteiger partial charge is 0.328 e. The predicted octanol–water partition coefficient (Wildman–Crippen LogP) is -5.28. The van der Waals surface area contributed by atoms with Crippen molar-refractivity contribution in [3.8, 4) is 0 Å². The zero-order valence-corrected chi connectivity index (χ0v) is 38.6. The number of likely N-dealkylation sites (tertiary alicyclic amines) is 1. The number of hydrogen-bond donors (Lipinski definition) is 14. The van der Waals surface area contributed by atoms with Crippen LogP contribution in [0.2, 0.25) is 0 Å². The molecule has 1 aromatic carbocycles. The lowest BCUT2D eigenvalue weighted by atomic mass is 10.0. The fourth-order valence-electron chi connectivity index (χ4n) is 7.35. The highest BCUT2D eigenvalue weighted by Gasteiger charge is 2.40. The molecule has 2 aromatic rings. The zero-order chi connectivity index (χ0) is 51.5. The number of carboxylic acid groups (broad SMARTS) is 1. The van der Waals surface area contributed by atoms with Crippen LogP contribution in [0, 0.1) is 5.92 Å². The Morgan fingerprint density at radius 2 is 1.32 bits per heavy atom. The Hall–Kier alpha value is -7.19. The SMILES string of the molecule is CC(C)C[C@H](NC(=O)[C@H](CO)NC(=O)[C@@H](N)Cc1c[nH]c2ccccc12)C(=O)N[C@@H](C)C(=O)N[C@@H](CCC(N)=O)C(=O)N1CCC[C@H]1C(=O)N[C@@H](CCC(N)=O)C(=O)NCC(=O)N[C@@H](CO)C(=O)O. The molecule has 2 heterocycles. The van der Waals surface area contributed by atoms with E-state index in [4.69, 9.17) is 27.4 Å². The average Bonchev–Trinajstić information content (AvgIpc) is 3.96. The van der Waals surface area contributed by atoms with Gasteiger partial charge in [0, 0.05) is 36.5 Å². The minimum absolute atomic E-state index is 0.0119.